The van der Waals surface area contributed by atoms with Gasteiger partial charge in [-0.2, -0.15) is 0 Å². The fourth-order valence-electron chi connectivity index (χ4n) is 4.25. The molecule has 0 bridgehead atoms. The molecule has 244 valence electrons. The molecule has 0 unspecified atom stereocenters. The third-order valence-electron chi connectivity index (χ3n) is 7.01. The van der Waals surface area contributed by atoms with Gasteiger partial charge in [-0.15, -0.1) is 0 Å². The van der Waals surface area contributed by atoms with Gasteiger partial charge in [0, 0.05) is 0 Å². The molecule has 2 aliphatic heterocycles. The maximum absolute atomic E-state index is 13.5. The molecule has 6 atom stereocenters. The van der Waals surface area contributed by atoms with Gasteiger partial charge in [-0.05, 0) is 74.8 Å². The molecule has 44 heavy (non-hydrogen) atoms. The second-order valence-electron chi connectivity index (χ2n) is 14.2. The first-order chi connectivity index (χ1) is 20.2. The summed E-state index contributed by atoms with van der Waals surface area (Å²) < 4.78 is 34.9. The summed E-state index contributed by atoms with van der Waals surface area (Å²) >= 11 is 0. The van der Waals surface area contributed by atoms with E-state index in [1.165, 1.54) is 6.92 Å². The minimum absolute atomic E-state index is 0.0871. The molecule has 3 rings (SSSR count). The Balaban J connectivity index is 2.05. The number of amides is 1. The highest BCUT2D eigenvalue weighted by Crippen LogP contribution is 2.37. The SMILES string of the molecule is C[C@H]1C(=O)O[C@@H]2[C@@H](OC(=O)C(C)(C)C)[C@H](OC(=O)C(C)(C)C)[C@@H](COC(=O)C(C)(C)C)O[C@H]2N1C(=O)OCc1ccccc1. The molecule has 2 saturated heterocycles. The number of esters is 4. The van der Waals surface area contributed by atoms with E-state index < -0.39 is 89.5 Å². The highest BCUT2D eigenvalue weighted by molar-refractivity contribution is 5.83. The van der Waals surface area contributed by atoms with Gasteiger partial charge in [-0.25, -0.2) is 9.59 Å². The van der Waals surface area contributed by atoms with Crippen molar-refractivity contribution in [2.24, 2.45) is 16.2 Å². The van der Waals surface area contributed by atoms with E-state index in [4.69, 9.17) is 28.4 Å². The molecule has 0 radical (unpaired) electrons. The van der Waals surface area contributed by atoms with Crippen molar-refractivity contribution in [3.8, 4) is 0 Å². The van der Waals surface area contributed by atoms with Crippen LogP contribution < -0.4 is 0 Å². The maximum Gasteiger partial charge on any atom is 0.413 e. The van der Waals surface area contributed by atoms with Crippen LogP contribution in [0.2, 0.25) is 0 Å². The van der Waals surface area contributed by atoms with Gasteiger partial charge in [0.25, 0.3) is 0 Å². The Morgan fingerprint density at radius 1 is 0.773 bits per heavy atom. The average molecular weight is 620 g/mol. The number of fused-ring (bicyclic) bond motifs is 1. The van der Waals surface area contributed by atoms with E-state index in [2.05, 4.69) is 0 Å². The zero-order chi connectivity index (χ0) is 33.2. The number of nitrogens with zero attached hydrogens (tertiary/aromatic N) is 1. The van der Waals surface area contributed by atoms with Gasteiger partial charge in [0.05, 0.1) is 16.2 Å². The molecule has 0 saturated carbocycles. The smallest absolute Gasteiger partial charge is 0.413 e. The molecule has 2 heterocycles. The Hall–Kier alpha value is -3.67. The van der Waals surface area contributed by atoms with Gasteiger partial charge in [0.1, 0.15) is 25.4 Å². The van der Waals surface area contributed by atoms with Crippen molar-refractivity contribution < 1.29 is 52.4 Å². The minimum Gasteiger partial charge on any atom is -0.462 e. The van der Waals surface area contributed by atoms with E-state index >= 15 is 0 Å². The van der Waals surface area contributed by atoms with E-state index in [1.54, 1.807) is 86.6 Å². The molecule has 1 aromatic carbocycles. The van der Waals surface area contributed by atoms with E-state index in [9.17, 15) is 24.0 Å². The van der Waals surface area contributed by atoms with Crippen molar-refractivity contribution in [1.82, 2.24) is 4.90 Å². The molecule has 2 fully saturated rings. The number of benzene rings is 1. The van der Waals surface area contributed by atoms with Crippen LogP contribution in [0.3, 0.4) is 0 Å². The first-order valence-corrected chi connectivity index (χ1v) is 14.7. The molecule has 1 aromatic rings. The van der Waals surface area contributed by atoms with Crippen LogP contribution in [0, 0.1) is 16.2 Å². The van der Waals surface area contributed by atoms with Crippen molar-refractivity contribution in [2.75, 3.05) is 6.61 Å². The first-order valence-electron chi connectivity index (χ1n) is 14.7. The van der Waals surface area contributed by atoms with Gasteiger partial charge in [0.15, 0.2) is 24.5 Å². The van der Waals surface area contributed by atoms with Crippen molar-refractivity contribution in [3.63, 3.8) is 0 Å². The van der Waals surface area contributed by atoms with Crippen LogP contribution in [0.5, 0.6) is 0 Å². The summed E-state index contributed by atoms with van der Waals surface area (Å²) in [4.78, 5) is 66.8. The Labute approximate surface area is 258 Å². The van der Waals surface area contributed by atoms with Crippen LogP contribution in [-0.2, 0) is 54.2 Å². The van der Waals surface area contributed by atoms with E-state index in [1.807, 2.05) is 6.07 Å². The topological polar surface area (TPSA) is 144 Å². The zero-order valence-corrected chi connectivity index (χ0v) is 27.2. The normalized spacial score (nSPS) is 25.7. The Kier molecular flexibility index (Phi) is 10.4. The lowest BCUT2D eigenvalue weighted by Gasteiger charge is -2.51. The molecule has 0 aromatic heterocycles. The van der Waals surface area contributed by atoms with Crippen LogP contribution in [-0.4, -0.2) is 78.2 Å². The highest BCUT2D eigenvalue weighted by atomic mass is 16.7. The van der Waals surface area contributed by atoms with Gasteiger partial charge in [-0.3, -0.25) is 19.3 Å². The molecular weight excluding hydrogens is 574 g/mol. The highest BCUT2D eigenvalue weighted by Gasteiger charge is 2.60. The maximum atomic E-state index is 13.5. The Morgan fingerprint density at radius 2 is 1.30 bits per heavy atom. The van der Waals surface area contributed by atoms with Crippen LogP contribution in [0.4, 0.5) is 4.79 Å². The molecule has 2 aliphatic rings. The van der Waals surface area contributed by atoms with E-state index in [0.29, 0.717) is 5.56 Å². The number of hydrogen-bond donors (Lipinski definition) is 0. The fraction of sp³-hybridized carbons (Fsp3) is 0.656. The van der Waals surface area contributed by atoms with Crippen LogP contribution in [0.15, 0.2) is 30.3 Å². The van der Waals surface area contributed by atoms with Crippen molar-refractivity contribution in [2.45, 2.75) is 113 Å². The van der Waals surface area contributed by atoms with Crippen molar-refractivity contribution in [3.05, 3.63) is 35.9 Å². The molecule has 0 spiro atoms. The Bertz CT molecular complexity index is 1230. The lowest BCUT2D eigenvalue weighted by Crippen LogP contribution is -2.72. The summed E-state index contributed by atoms with van der Waals surface area (Å²) in [5, 5.41) is 0. The second-order valence-corrected chi connectivity index (χ2v) is 14.2. The zero-order valence-electron chi connectivity index (χ0n) is 27.2. The van der Waals surface area contributed by atoms with E-state index in [0.717, 1.165) is 4.90 Å². The predicted octanol–water partition coefficient (Wildman–Crippen LogP) is 4.17. The molecule has 1 amide bonds. The minimum atomic E-state index is -1.43. The standard InChI is InChI=1S/C32H45NO11/c1-18-25(34)42-23-22(44-28(37)32(8,9)10)21(43-27(36)31(5,6)7)20(17-39-26(35)30(2,3)4)41-24(23)33(18)29(38)40-16-19-14-12-11-13-15-19/h11-15,18,20-24H,16-17H2,1-10H3/t18-,20+,21+,22-,23+,24+/m0/s1. The summed E-state index contributed by atoms with van der Waals surface area (Å²) in [6.07, 6.45) is -7.64. The van der Waals surface area contributed by atoms with Gasteiger partial charge in [0.2, 0.25) is 0 Å². The molecule has 12 heteroatoms. The third kappa shape index (κ3) is 8.28. The number of carbonyl (C=O) groups excluding carboxylic acids is 5. The van der Waals surface area contributed by atoms with Crippen LogP contribution in [0.25, 0.3) is 0 Å². The van der Waals surface area contributed by atoms with Crippen LogP contribution >= 0.6 is 0 Å². The van der Waals surface area contributed by atoms with Gasteiger partial charge >= 0.3 is 30.0 Å². The second kappa shape index (κ2) is 13.1. The lowest BCUT2D eigenvalue weighted by atomic mass is 9.92. The summed E-state index contributed by atoms with van der Waals surface area (Å²) in [6.45, 7) is 15.8. The summed E-state index contributed by atoms with van der Waals surface area (Å²) in [6, 6.07) is 7.81. The van der Waals surface area contributed by atoms with Crippen LogP contribution in [0.1, 0.15) is 74.8 Å². The average Bonchev–Trinajstić information content (AvgIpc) is 2.91. The largest absolute Gasteiger partial charge is 0.462 e. The Morgan fingerprint density at radius 3 is 1.82 bits per heavy atom. The fourth-order valence-corrected chi connectivity index (χ4v) is 4.25. The number of carbonyl (C=O) groups is 5. The van der Waals surface area contributed by atoms with Crippen molar-refractivity contribution >= 4 is 30.0 Å². The molecule has 12 nitrogen and oxygen atoms in total. The first kappa shape index (κ1) is 34.8. The number of ether oxygens (including phenoxy) is 6. The van der Waals surface area contributed by atoms with Gasteiger partial charge in [-0.1, -0.05) is 30.3 Å². The molecular formula is C32H45NO11. The quantitative estimate of drug-likeness (QED) is 0.334. The monoisotopic (exact) mass is 619 g/mol. The summed E-state index contributed by atoms with van der Waals surface area (Å²) in [7, 11) is 0. The number of rotatable bonds is 6. The van der Waals surface area contributed by atoms with Gasteiger partial charge < -0.3 is 28.4 Å². The predicted molar refractivity (Wildman–Crippen MR) is 156 cm³/mol. The molecule has 0 N–H and O–H groups in total. The number of hydrogen-bond acceptors (Lipinski definition) is 11. The lowest BCUT2D eigenvalue weighted by molar-refractivity contribution is -0.294. The molecule has 0 aliphatic carbocycles. The number of morpholine rings is 1. The summed E-state index contributed by atoms with van der Waals surface area (Å²) in [5.74, 6) is -2.71. The third-order valence-corrected chi connectivity index (χ3v) is 7.01. The summed E-state index contributed by atoms with van der Waals surface area (Å²) in [5.41, 5.74) is -2.13. The van der Waals surface area contributed by atoms with Crippen molar-refractivity contribution in [1.29, 1.82) is 0 Å². The van der Waals surface area contributed by atoms with E-state index in [-0.39, 0.29) is 6.61 Å².